The summed E-state index contributed by atoms with van der Waals surface area (Å²) in [6, 6.07) is 16.7. The van der Waals surface area contributed by atoms with Crippen LogP contribution in [0.15, 0.2) is 54.6 Å². The van der Waals surface area contributed by atoms with Crippen molar-refractivity contribution in [2.24, 2.45) is 5.73 Å². The first-order valence-electron chi connectivity index (χ1n) is 5.81. The number of para-hydroxylation sites is 1. The van der Waals surface area contributed by atoms with Crippen LogP contribution in [0.3, 0.4) is 0 Å². The summed E-state index contributed by atoms with van der Waals surface area (Å²) in [7, 11) is 0. The van der Waals surface area contributed by atoms with Crippen LogP contribution in [0.4, 0.5) is 0 Å². The Balaban J connectivity index is 1.94. The zero-order valence-corrected chi connectivity index (χ0v) is 10.0. The first-order valence-corrected chi connectivity index (χ1v) is 5.81. The summed E-state index contributed by atoms with van der Waals surface area (Å²) >= 11 is 0. The summed E-state index contributed by atoms with van der Waals surface area (Å²) in [5.41, 5.74) is 7.49. The Hall–Kier alpha value is -2.13. The van der Waals surface area contributed by atoms with Gasteiger partial charge >= 0.3 is 5.97 Å². The summed E-state index contributed by atoms with van der Waals surface area (Å²) in [5.74, 6) is 0.308. The Labute approximate surface area is 106 Å². The molecule has 0 aliphatic heterocycles. The van der Waals surface area contributed by atoms with E-state index < -0.39 is 0 Å². The lowest BCUT2D eigenvalue weighted by molar-refractivity contribution is -0.133. The van der Waals surface area contributed by atoms with Gasteiger partial charge in [-0.25, -0.2) is 0 Å². The topological polar surface area (TPSA) is 52.3 Å². The van der Waals surface area contributed by atoms with Gasteiger partial charge in [0, 0.05) is 6.54 Å². The molecule has 0 unspecified atom stereocenters. The maximum atomic E-state index is 11.7. The molecule has 3 nitrogen and oxygen atoms in total. The minimum absolute atomic E-state index is 0.262. The second-order valence-electron chi connectivity index (χ2n) is 3.98. The van der Waals surface area contributed by atoms with Crippen molar-refractivity contribution in [3.8, 4) is 5.75 Å². The molecule has 0 heterocycles. The first-order chi connectivity index (χ1) is 8.78. The largest absolute Gasteiger partial charge is 0.426 e. The molecule has 0 spiro atoms. The highest BCUT2D eigenvalue weighted by atomic mass is 16.5. The highest BCUT2D eigenvalue weighted by Crippen LogP contribution is 2.11. The number of carbonyl (C=O) groups excluding carboxylic acids is 1. The van der Waals surface area contributed by atoms with Gasteiger partial charge in [0.1, 0.15) is 5.75 Å². The van der Waals surface area contributed by atoms with Gasteiger partial charge in [0.2, 0.25) is 0 Å². The summed E-state index contributed by atoms with van der Waals surface area (Å²) in [6.07, 6.45) is 0.264. The molecule has 0 radical (unpaired) electrons. The Morgan fingerprint density at radius 1 is 0.944 bits per heavy atom. The van der Waals surface area contributed by atoms with Gasteiger partial charge in [0.05, 0.1) is 6.42 Å². The second-order valence-corrected chi connectivity index (χ2v) is 3.98. The van der Waals surface area contributed by atoms with Gasteiger partial charge in [-0.2, -0.15) is 0 Å². The molecule has 2 aromatic rings. The van der Waals surface area contributed by atoms with Crippen molar-refractivity contribution in [3.05, 3.63) is 65.7 Å². The predicted molar refractivity (Wildman–Crippen MR) is 70.1 cm³/mol. The number of hydrogen-bond acceptors (Lipinski definition) is 3. The van der Waals surface area contributed by atoms with Crippen LogP contribution in [0.25, 0.3) is 0 Å². The van der Waals surface area contributed by atoms with Crippen molar-refractivity contribution in [2.75, 3.05) is 0 Å². The van der Waals surface area contributed by atoms with Crippen molar-refractivity contribution < 1.29 is 9.53 Å². The van der Waals surface area contributed by atoms with Crippen LogP contribution in [0.1, 0.15) is 11.1 Å². The average Bonchev–Trinajstić information content (AvgIpc) is 2.40. The maximum absolute atomic E-state index is 11.7. The van der Waals surface area contributed by atoms with Crippen LogP contribution in [-0.2, 0) is 17.8 Å². The molecule has 92 valence electrons. The van der Waals surface area contributed by atoms with Crippen molar-refractivity contribution in [3.63, 3.8) is 0 Å². The lowest BCUT2D eigenvalue weighted by Crippen LogP contribution is -2.11. The molecule has 2 N–H and O–H groups in total. The Morgan fingerprint density at radius 3 is 2.17 bits per heavy atom. The fourth-order valence-electron chi connectivity index (χ4n) is 1.62. The Bertz CT molecular complexity index is 506. The van der Waals surface area contributed by atoms with E-state index in [1.807, 2.05) is 42.5 Å². The number of benzene rings is 2. The minimum Gasteiger partial charge on any atom is -0.426 e. The molecule has 0 aliphatic rings. The maximum Gasteiger partial charge on any atom is 0.315 e. The van der Waals surface area contributed by atoms with Crippen molar-refractivity contribution in [1.29, 1.82) is 0 Å². The van der Waals surface area contributed by atoms with Crippen molar-refractivity contribution >= 4 is 5.97 Å². The third-order valence-electron chi connectivity index (χ3n) is 2.58. The van der Waals surface area contributed by atoms with Gasteiger partial charge in [0.25, 0.3) is 0 Å². The van der Waals surface area contributed by atoms with Crippen LogP contribution in [0.5, 0.6) is 5.75 Å². The molecule has 0 aliphatic carbocycles. The number of ether oxygens (including phenoxy) is 1. The fourth-order valence-corrected chi connectivity index (χ4v) is 1.62. The smallest absolute Gasteiger partial charge is 0.315 e. The van der Waals surface area contributed by atoms with Crippen molar-refractivity contribution in [2.45, 2.75) is 13.0 Å². The number of carbonyl (C=O) groups is 1. The highest BCUT2D eigenvalue weighted by molar-refractivity contribution is 5.75. The lowest BCUT2D eigenvalue weighted by Gasteiger charge is -2.04. The molecule has 0 aromatic heterocycles. The summed E-state index contributed by atoms with van der Waals surface area (Å²) in [5, 5.41) is 0. The number of nitrogens with two attached hydrogens (primary N) is 1. The number of esters is 1. The molecule has 2 aromatic carbocycles. The van der Waals surface area contributed by atoms with Gasteiger partial charge in [-0.15, -0.1) is 0 Å². The molecule has 0 saturated carbocycles. The molecule has 3 heteroatoms. The third-order valence-corrected chi connectivity index (χ3v) is 2.58. The van der Waals surface area contributed by atoms with E-state index in [9.17, 15) is 4.79 Å². The average molecular weight is 241 g/mol. The van der Waals surface area contributed by atoms with Crippen LogP contribution in [-0.4, -0.2) is 5.97 Å². The molecular weight excluding hydrogens is 226 g/mol. The monoisotopic (exact) mass is 241 g/mol. The van der Waals surface area contributed by atoms with Crippen LogP contribution in [0, 0.1) is 0 Å². The van der Waals surface area contributed by atoms with E-state index in [0.717, 1.165) is 11.1 Å². The van der Waals surface area contributed by atoms with Gasteiger partial charge < -0.3 is 10.5 Å². The fraction of sp³-hybridized carbons (Fsp3) is 0.133. The zero-order chi connectivity index (χ0) is 12.8. The Morgan fingerprint density at radius 2 is 1.56 bits per heavy atom. The number of rotatable bonds is 4. The van der Waals surface area contributed by atoms with E-state index in [4.69, 9.17) is 10.5 Å². The van der Waals surface area contributed by atoms with Crippen LogP contribution < -0.4 is 10.5 Å². The lowest BCUT2D eigenvalue weighted by atomic mass is 10.1. The SMILES string of the molecule is NCc1ccc(CC(=O)Oc2ccccc2)cc1. The van der Waals surface area contributed by atoms with Crippen molar-refractivity contribution in [1.82, 2.24) is 0 Å². The van der Waals surface area contributed by atoms with E-state index >= 15 is 0 Å². The molecular formula is C15H15NO2. The molecule has 0 fully saturated rings. The van der Waals surface area contributed by atoms with E-state index in [2.05, 4.69) is 0 Å². The second kappa shape index (κ2) is 5.98. The zero-order valence-electron chi connectivity index (χ0n) is 10.0. The molecule has 0 bridgehead atoms. The normalized spacial score (nSPS) is 10.1. The number of hydrogen-bond donors (Lipinski definition) is 1. The third kappa shape index (κ3) is 3.43. The van der Waals surface area contributed by atoms with Crippen LogP contribution in [0.2, 0.25) is 0 Å². The van der Waals surface area contributed by atoms with Gasteiger partial charge in [-0.3, -0.25) is 4.79 Å². The summed E-state index contributed by atoms with van der Waals surface area (Å²) < 4.78 is 5.21. The van der Waals surface area contributed by atoms with Gasteiger partial charge in [-0.1, -0.05) is 42.5 Å². The van der Waals surface area contributed by atoms with Gasteiger partial charge in [0.15, 0.2) is 0 Å². The molecule has 2 rings (SSSR count). The summed E-state index contributed by atoms with van der Waals surface area (Å²) in [6.45, 7) is 0.509. The van der Waals surface area contributed by atoms with E-state index in [1.54, 1.807) is 12.1 Å². The summed E-state index contributed by atoms with van der Waals surface area (Å²) in [4.78, 5) is 11.7. The highest BCUT2D eigenvalue weighted by Gasteiger charge is 2.05. The molecule has 18 heavy (non-hydrogen) atoms. The minimum atomic E-state index is -0.262. The standard InChI is InChI=1S/C15H15NO2/c16-11-13-8-6-12(7-9-13)10-15(17)18-14-4-2-1-3-5-14/h1-9H,10-11,16H2. The van der Waals surface area contributed by atoms with E-state index in [0.29, 0.717) is 12.3 Å². The van der Waals surface area contributed by atoms with E-state index in [-0.39, 0.29) is 12.4 Å². The van der Waals surface area contributed by atoms with Crippen LogP contribution >= 0.6 is 0 Å². The molecule has 0 amide bonds. The quantitative estimate of drug-likeness (QED) is 0.660. The van der Waals surface area contributed by atoms with E-state index in [1.165, 1.54) is 0 Å². The predicted octanol–water partition coefficient (Wildman–Crippen LogP) is 2.29. The first kappa shape index (κ1) is 12.3. The Kier molecular flexibility index (Phi) is 4.10. The molecule has 0 saturated heterocycles. The van der Waals surface area contributed by atoms with Gasteiger partial charge in [-0.05, 0) is 23.3 Å². The molecule has 0 atom stereocenters.